The van der Waals surface area contributed by atoms with Crippen LogP contribution >= 0.6 is 11.6 Å². The Morgan fingerprint density at radius 3 is 2.71 bits per heavy atom. The second-order valence-electron chi connectivity index (χ2n) is 8.49. The first-order valence-electron chi connectivity index (χ1n) is 10.2. The number of ether oxygens (including phenoxy) is 1. The molecule has 0 saturated heterocycles. The number of nitrogens with zero attached hydrogens (tertiary/aromatic N) is 1. The first-order valence-corrected chi connectivity index (χ1v) is 12.0. The molecule has 2 aromatic carbocycles. The summed E-state index contributed by atoms with van der Waals surface area (Å²) in [6.45, 7) is 4.03. The molecule has 31 heavy (non-hydrogen) atoms. The van der Waals surface area contributed by atoms with Crippen molar-refractivity contribution in [1.29, 1.82) is 0 Å². The monoisotopic (exact) mass is 461 g/mol. The predicted octanol–water partition coefficient (Wildman–Crippen LogP) is 5.04. The molecule has 0 atom stereocenters. The fourth-order valence-electron chi connectivity index (χ4n) is 4.00. The van der Waals surface area contributed by atoms with Gasteiger partial charge in [-0.25, -0.2) is 12.4 Å². The fraction of sp³-hybridized carbons (Fsp3) is 0.348. The van der Waals surface area contributed by atoms with E-state index in [0.717, 1.165) is 18.4 Å². The summed E-state index contributed by atoms with van der Waals surface area (Å²) in [5.41, 5.74) is 1.64. The van der Waals surface area contributed by atoms with E-state index in [9.17, 15) is 13.2 Å². The van der Waals surface area contributed by atoms with Gasteiger partial charge in [-0.15, -0.1) is 0 Å². The number of carboxylic acids is 1. The van der Waals surface area contributed by atoms with Gasteiger partial charge in [0.05, 0.1) is 10.4 Å². The molecule has 0 aliphatic carbocycles. The predicted molar refractivity (Wildman–Crippen MR) is 120 cm³/mol. The SMILES string of the molecule is CC1(C)CCc2cc(S(=O)(=O)n3c(CCCC(=O)O)cc4cc(Cl)ccc43)ccc2O1. The van der Waals surface area contributed by atoms with E-state index in [4.69, 9.17) is 21.4 Å². The molecule has 1 aliphatic heterocycles. The molecule has 1 N–H and O–H groups in total. The number of hydrogen-bond donors (Lipinski definition) is 1. The van der Waals surface area contributed by atoms with E-state index < -0.39 is 16.0 Å². The number of aryl methyl sites for hydroxylation is 2. The lowest BCUT2D eigenvalue weighted by Crippen LogP contribution is -2.32. The van der Waals surface area contributed by atoms with Crippen LogP contribution in [0.15, 0.2) is 47.4 Å². The van der Waals surface area contributed by atoms with Gasteiger partial charge in [-0.3, -0.25) is 4.79 Å². The third-order valence-electron chi connectivity index (χ3n) is 5.57. The van der Waals surface area contributed by atoms with Crippen LogP contribution in [0.1, 0.15) is 44.4 Å². The molecule has 0 unspecified atom stereocenters. The summed E-state index contributed by atoms with van der Waals surface area (Å²) < 4.78 is 34.7. The summed E-state index contributed by atoms with van der Waals surface area (Å²) in [6.07, 6.45) is 2.16. The zero-order valence-electron chi connectivity index (χ0n) is 17.4. The number of benzene rings is 2. The first-order chi connectivity index (χ1) is 14.6. The Morgan fingerprint density at radius 2 is 1.97 bits per heavy atom. The molecular weight excluding hydrogens is 438 g/mol. The minimum atomic E-state index is -3.91. The molecule has 0 fully saturated rings. The van der Waals surface area contributed by atoms with Gasteiger partial charge in [0.2, 0.25) is 0 Å². The summed E-state index contributed by atoms with van der Waals surface area (Å²) in [4.78, 5) is 11.1. The van der Waals surface area contributed by atoms with Crippen LogP contribution in [-0.2, 0) is 27.7 Å². The van der Waals surface area contributed by atoms with Crippen molar-refractivity contribution in [3.05, 3.63) is 58.7 Å². The van der Waals surface area contributed by atoms with E-state index in [-0.39, 0.29) is 16.9 Å². The van der Waals surface area contributed by atoms with Gasteiger partial charge in [0.25, 0.3) is 10.0 Å². The van der Waals surface area contributed by atoms with Crippen molar-refractivity contribution in [1.82, 2.24) is 3.97 Å². The summed E-state index contributed by atoms with van der Waals surface area (Å²) in [5.74, 6) is -0.202. The van der Waals surface area contributed by atoms with Gasteiger partial charge in [0, 0.05) is 22.5 Å². The lowest BCUT2D eigenvalue weighted by Gasteiger charge is -2.32. The average molecular weight is 462 g/mol. The highest BCUT2D eigenvalue weighted by molar-refractivity contribution is 7.90. The van der Waals surface area contributed by atoms with Crippen LogP contribution < -0.4 is 4.74 Å². The van der Waals surface area contributed by atoms with Crippen LogP contribution in [0.3, 0.4) is 0 Å². The second kappa shape index (κ2) is 7.88. The number of carbonyl (C=O) groups is 1. The van der Waals surface area contributed by atoms with Crippen molar-refractivity contribution in [3.63, 3.8) is 0 Å². The van der Waals surface area contributed by atoms with Crippen molar-refractivity contribution >= 4 is 38.5 Å². The molecule has 0 spiro atoms. The van der Waals surface area contributed by atoms with Crippen LogP contribution in [-0.4, -0.2) is 29.1 Å². The zero-order valence-corrected chi connectivity index (χ0v) is 19.0. The van der Waals surface area contributed by atoms with Crippen molar-refractivity contribution in [3.8, 4) is 5.75 Å². The molecule has 164 valence electrons. The van der Waals surface area contributed by atoms with Gasteiger partial charge in [-0.1, -0.05) is 11.6 Å². The maximum atomic E-state index is 13.7. The lowest BCUT2D eigenvalue weighted by molar-refractivity contribution is -0.137. The molecule has 0 amide bonds. The molecule has 0 bridgehead atoms. The molecule has 1 aromatic heterocycles. The maximum Gasteiger partial charge on any atom is 0.303 e. The quantitative estimate of drug-likeness (QED) is 0.555. The lowest BCUT2D eigenvalue weighted by atomic mass is 9.94. The minimum Gasteiger partial charge on any atom is -0.488 e. The van der Waals surface area contributed by atoms with Crippen LogP contribution in [0.2, 0.25) is 5.02 Å². The van der Waals surface area contributed by atoms with Crippen LogP contribution in [0, 0.1) is 0 Å². The van der Waals surface area contributed by atoms with Crippen molar-refractivity contribution in [2.45, 2.75) is 56.4 Å². The largest absolute Gasteiger partial charge is 0.488 e. The minimum absolute atomic E-state index is 0.0334. The van der Waals surface area contributed by atoms with E-state index >= 15 is 0 Å². The van der Waals surface area contributed by atoms with Gasteiger partial charge >= 0.3 is 5.97 Å². The van der Waals surface area contributed by atoms with Crippen molar-refractivity contribution in [2.75, 3.05) is 0 Å². The number of fused-ring (bicyclic) bond motifs is 2. The molecule has 8 heteroatoms. The Hall–Kier alpha value is -2.51. The highest BCUT2D eigenvalue weighted by atomic mass is 35.5. The summed E-state index contributed by atoms with van der Waals surface area (Å²) >= 11 is 6.11. The van der Waals surface area contributed by atoms with E-state index in [0.29, 0.717) is 40.2 Å². The van der Waals surface area contributed by atoms with Crippen molar-refractivity contribution < 1.29 is 23.1 Å². The van der Waals surface area contributed by atoms with Gasteiger partial charge in [-0.05, 0) is 87.6 Å². The molecular formula is C23H24ClNO5S. The summed E-state index contributed by atoms with van der Waals surface area (Å²) in [6, 6.07) is 11.8. The Bertz CT molecular complexity index is 1280. The summed E-state index contributed by atoms with van der Waals surface area (Å²) in [5, 5.41) is 10.2. The molecule has 0 saturated carbocycles. The molecule has 0 radical (unpaired) electrons. The zero-order chi connectivity index (χ0) is 22.4. The highest BCUT2D eigenvalue weighted by Crippen LogP contribution is 2.36. The van der Waals surface area contributed by atoms with E-state index in [1.807, 2.05) is 13.8 Å². The van der Waals surface area contributed by atoms with Gasteiger partial charge in [-0.2, -0.15) is 0 Å². The first kappa shape index (κ1) is 21.7. The van der Waals surface area contributed by atoms with Gasteiger partial charge in [0.15, 0.2) is 0 Å². The number of aromatic nitrogens is 1. The standard InChI is InChI=1S/C23H24ClNO5S/c1-23(2)11-10-15-14-19(7-9-21(15)30-23)31(28,29)25-18(4-3-5-22(26)27)13-16-12-17(24)6-8-20(16)25/h6-9,12-14H,3-5,10-11H2,1-2H3,(H,26,27). The Kier molecular flexibility index (Phi) is 5.52. The molecule has 1 aliphatic rings. The molecule has 3 aromatic rings. The van der Waals surface area contributed by atoms with Crippen LogP contribution in [0.4, 0.5) is 0 Å². The summed E-state index contributed by atoms with van der Waals surface area (Å²) in [7, 11) is -3.91. The Balaban J connectivity index is 1.80. The Labute approximate surface area is 186 Å². The van der Waals surface area contributed by atoms with Crippen LogP contribution in [0.25, 0.3) is 10.9 Å². The topological polar surface area (TPSA) is 85.6 Å². The third-order valence-corrected chi connectivity index (χ3v) is 7.56. The van der Waals surface area contributed by atoms with Gasteiger partial charge < -0.3 is 9.84 Å². The molecule has 4 rings (SSSR count). The maximum absolute atomic E-state index is 13.7. The fourth-order valence-corrected chi connectivity index (χ4v) is 5.80. The highest BCUT2D eigenvalue weighted by Gasteiger charge is 2.29. The van der Waals surface area contributed by atoms with E-state index in [1.165, 1.54) is 3.97 Å². The number of rotatable bonds is 6. The second-order valence-corrected chi connectivity index (χ2v) is 10.7. The number of halogens is 1. The smallest absolute Gasteiger partial charge is 0.303 e. The van der Waals surface area contributed by atoms with Crippen LogP contribution in [0.5, 0.6) is 5.75 Å². The van der Waals surface area contributed by atoms with Gasteiger partial charge in [0.1, 0.15) is 11.4 Å². The molecule has 6 nitrogen and oxygen atoms in total. The normalized spacial score (nSPS) is 15.5. The van der Waals surface area contributed by atoms with E-state index in [1.54, 1.807) is 42.5 Å². The number of hydrogen-bond acceptors (Lipinski definition) is 4. The third kappa shape index (κ3) is 4.29. The molecule has 2 heterocycles. The number of aliphatic carboxylic acids is 1. The van der Waals surface area contributed by atoms with Crippen molar-refractivity contribution in [2.24, 2.45) is 0 Å². The average Bonchev–Trinajstić information content (AvgIpc) is 3.04. The number of carboxylic acid groups (broad SMARTS) is 1. The Morgan fingerprint density at radius 1 is 1.19 bits per heavy atom. The van der Waals surface area contributed by atoms with E-state index in [2.05, 4.69) is 0 Å².